The van der Waals surface area contributed by atoms with E-state index in [1.54, 1.807) is 7.11 Å². The van der Waals surface area contributed by atoms with Crippen molar-refractivity contribution in [3.63, 3.8) is 0 Å². The number of hydrogen-bond acceptors (Lipinski definition) is 4. The van der Waals surface area contributed by atoms with Crippen molar-refractivity contribution in [2.24, 2.45) is 0 Å². The van der Waals surface area contributed by atoms with Gasteiger partial charge in [0.25, 0.3) is 0 Å². The minimum atomic E-state index is 0.444. The van der Waals surface area contributed by atoms with Gasteiger partial charge in [0, 0.05) is 6.07 Å². The maximum absolute atomic E-state index is 6.15. The van der Waals surface area contributed by atoms with Crippen LogP contribution in [0.25, 0.3) is 5.57 Å². The first-order valence-corrected chi connectivity index (χ1v) is 12.8. The highest BCUT2D eigenvalue weighted by Crippen LogP contribution is 2.35. The molecule has 194 valence electrons. The van der Waals surface area contributed by atoms with E-state index >= 15 is 0 Å². The van der Waals surface area contributed by atoms with Crippen molar-refractivity contribution in [1.29, 1.82) is 0 Å². The van der Waals surface area contributed by atoms with Crippen molar-refractivity contribution in [1.82, 2.24) is 0 Å². The van der Waals surface area contributed by atoms with Gasteiger partial charge in [-0.3, -0.25) is 0 Å². The van der Waals surface area contributed by atoms with Crippen LogP contribution in [0.1, 0.15) is 35.6 Å². The van der Waals surface area contributed by atoms with Gasteiger partial charge in [0.15, 0.2) is 11.5 Å². The van der Waals surface area contributed by atoms with Crippen LogP contribution < -0.4 is 18.9 Å². The Morgan fingerprint density at radius 3 is 1.92 bits per heavy atom. The largest absolute Gasteiger partial charge is 0.493 e. The number of hydrogen-bond donors (Lipinski definition) is 0. The third-order valence-corrected chi connectivity index (χ3v) is 5.97. The van der Waals surface area contributed by atoms with E-state index in [4.69, 9.17) is 18.9 Å². The van der Waals surface area contributed by atoms with Gasteiger partial charge in [0.05, 0.1) is 7.11 Å². The van der Waals surface area contributed by atoms with Crippen molar-refractivity contribution in [2.45, 2.75) is 26.6 Å². The van der Waals surface area contributed by atoms with Gasteiger partial charge in [-0.2, -0.15) is 0 Å². The Bertz CT molecular complexity index is 1340. The summed E-state index contributed by atoms with van der Waals surface area (Å²) in [5.74, 6) is 2.77. The Morgan fingerprint density at radius 2 is 1.29 bits per heavy atom. The molecular formula is C34H34O4. The van der Waals surface area contributed by atoms with Gasteiger partial charge < -0.3 is 18.9 Å². The lowest BCUT2D eigenvalue weighted by atomic mass is 9.98. The molecule has 0 aliphatic carbocycles. The first-order chi connectivity index (χ1) is 18.7. The minimum absolute atomic E-state index is 0.444. The molecule has 4 rings (SSSR count). The van der Waals surface area contributed by atoms with Gasteiger partial charge >= 0.3 is 0 Å². The lowest BCUT2D eigenvalue weighted by Gasteiger charge is -2.16. The molecule has 0 radical (unpaired) electrons. The first-order valence-electron chi connectivity index (χ1n) is 12.8. The molecule has 0 aliphatic heterocycles. The zero-order chi connectivity index (χ0) is 26.6. The summed E-state index contributed by atoms with van der Waals surface area (Å²) >= 11 is 0. The van der Waals surface area contributed by atoms with E-state index in [2.05, 4.69) is 19.6 Å². The van der Waals surface area contributed by atoms with Crippen LogP contribution in [0.3, 0.4) is 0 Å². The summed E-state index contributed by atoms with van der Waals surface area (Å²) in [6.45, 7) is 7.90. The zero-order valence-corrected chi connectivity index (χ0v) is 22.1. The van der Waals surface area contributed by atoms with Crippen LogP contribution >= 0.6 is 0 Å². The van der Waals surface area contributed by atoms with Crippen molar-refractivity contribution < 1.29 is 18.9 Å². The van der Waals surface area contributed by atoms with E-state index in [0.717, 1.165) is 45.7 Å². The van der Waals surface area contributed by atoms with E-state index in [9.17, 15) is 0 Å². The maximum atomic E-state index is 6.15. The molecule has 0 aliphatic rings. The van der Waals surface area contributed by atoms with E-state index < -0.39 is 0 Å². The van der Waals surface area contributed by atoms with Crippen molar-refractivity contribution >= 4 is 5.57 Å². The molecule has 0 bridgehead atoms. The van der Waals surface area contributed by atoms with Crippen LogP contribution in [0, 0.1) is 0 Å². The normalized spacial score (nSPS) is 10.8. The monoisotopic (exact) mass is 506 g/mol. The van der Waals surface area contributed by atoms with Crippen molar-refractivity contribution in [3.8, 4) is 23.0 Å². The maximum Gasteiger partial charge on any atom is 0.162 e. The highest BCUT2D eigenvalue weighted by atomic mass is 16.5. The Hall–Kier alpha value is -4.44. The van der Waals surface area contributed by atoms with Gasteiger partial charge in [-0.25, -0.2) is 0 Å². The minimum Gasteiger partial charge on any atom is -0.493 e. The fraction of sp³-hybridized carbons (Fsp3) is 0.176. The van der Waals surface area contributed by atoms with Gasteiger partial charge in [-0.1, -0.05) is 92.4 Å². The third kappa shape index (κ3) is 7.53. The molecule has 4 nitrogen and oxygen atoms in total. The number of rotatable bonds is 13. The average Bonchev–Trinajstić information content (AvgIpc) is 2.97. The van der Waals surface area contributed by atoms with Crippen LogP contribution in [0.4, 0.5) is 0 Å². The molecule has 0 saturated heterocycles. The molecule has 4 aromatic carbocycles. The summed E-state index contributed by atoms with van der Waals surface area (Å²) in [5, 5.41) is 0. The molecule has 4 aromatic rings. The summed E-state index contributed by atoms with van der Waals surface area (Å²) in [7, 11) is 1.64. The van der Waals surface area contributed by atoms with Crippen LogP contribution in [0.15, 0.2) is 116 Å². The number of ether oxygens (including phenoxy) is 4. The number of methoxy groups -OCH3 is 1. The molecule has 0 fully saturated rings. The molecule has 0 saturated carbocycles. The van der Waals surface area contributed by atoms with Gasteiger partial charge in [-0.05, 0) is 58.5 Å². The van der Waals surface area contributed by atoms with E-state index in [1.807, 2.05) is 103 Å². The second kappa shape index (κ2) is 13.8. The van der Waals surface area contributed by atoms with Crippen molar-refractivity contribution in [2.75, 3.05) is 13.7 Å². The summed E-state index contributed by atoms with van der Waals surface area (Å²) in [6.07, 6.45) is 5.08. The van der Waals surface area contributed by atoms with Crippen LogP contribution in [0.5, 0.6) is 23.0 Å². The van der Waals surface area contributed by atoms with Crippen LogP contribution in [-0.2, 0) is 13.2 Å². The van der Waals surface area contributed by atoms with E-state index in [0.29, 0.717) is 31.3 Å². The van der Waals surface area contributed by atoms with Crippen LogP contribution in [-0.4, -0.2) is 13.7 Å². The second-order valence-electron chi connectivity index (χ2n) is 8.78. The zero-order valence-electron chi connectivity index (χ0n) is 22.1. The Balaban J connectivity index is 1.58. The van der Waals surface area contributed by atoms with Gasteiger partial charge in [0.1, 0.15) is 31.3 Å². The smallest absolute Gasteiger partial charge is 0.162 e. The summed E-state index contributed by atoms with van der Waals surface area (Å²) in [5.41, 5.74) is 4.84. The standard InChI is InChI=1S/C34H34O4/c1-4-5-12-19-36-31-20-30(21-32(23-31)37-24-27-13-8-6-9-14-27)26(2)29-17-18-33(35-3)34(22-29)38-25-28-15-10-7-11-16-28/h5-18,20-23H,2,4,19,24-25H2,1,3H3/b12-5+. The summed E-state index contributed by atoms with van der Waals surface area (Å²) in [6, 6.07) is 31.9. The molecule has 4 heteroatoms. The lowest BCUT2D eigenvalue weighted by Crippen LogP contribution is -2.00. The third-order valence-electron chi connectivity index (χ3n) is 5.97. The van der Waals surface area contributed by atoms with Crippen LogP contribution in [0.2, 0.25) is 0 Å². The van der Waals surface area contributed by atoms with Crippen molar-refractivity contribution in [3.05, 3.63) is 138 Å². The molecular weight excluding hydrogens is 472 g/mol. The highest BCUT2D eigenvalue weighted by molar-refractivity contribution is 5.80. The number of allylic oxidation sites excluding steroid dienone is 1. The molecule has 0 N–H and O–H groups in total. The van der Waals surface area contributed by atoms with Gasteiger partial charge in [0.2, 0.25) is 0 Å². The molecule has 38 heavy (non-hydrogen) atoms. The Morgan fingerprint density at radius 1 is 0.658 bits per heavy atom. The number of benzene rings is 4. The molecule has 0 aromatic heterocycles. The first kappa shape index (κ1) is 26.6. The Kier molecular flexibility index (Phi) is 9.63. The van der Waals surface area contributed by atoms with E-state index in [-0.39, 0.29) is 0 Å². The molecule has 0 amide bonds. The second-order valence-corrected chi connectivity index (χ2v) is 8.78. The average molecular weight is 507 g/mol. The quantitative estimate of drug-likeness (QED) is 0.171. The fourth-order valence-corrected chi connectivity index (χ4v) is 3.91. The Labute approximate surface area is 225 Å². The predicted molar refractivity (Wildman–Crippen MR) is 154 cm³/mol. The summed E-state index contributed by atoms with van der Waals surface area (Å²) < 4.78 is 23.9. The topological polar surface area (TPSA) is 36.9 Å². The molecule has 0 unspecified atom stereocenters. The lowest BCUT2D eigenvalue weighted by molar-refractivity contribution is 0.284. The van der Waals surface area contributed by atoms with Gasteiger partial charge in [-0.15, -0.1) is 0 Å². The molecule has 0 heterocycles. The summed E-state index contributed by atoms with van der Waals surface area (Å²) in [4.78, 5) is 0. The fourth-order valence-electron chi connectivity index (χ4n) is 3.91. The molecule has 0 atom stereocenters. The molecule has 0 spiro atoms. The highest BCUT2D eigenvalue weighted by Gasteiger charge is 2.12. The van der Waals surface area contributed by atoms with E-state index in [1.165, 1.54) is 0 Å². The predicted octanol–water partition coefficient (Wildman–Crippen LogP) is 8.26. The SMILES string of the molecule is C=C(c1cc(OC/C=C/CC)cc(OCc2ccccc2)c1)c1ccc(OC)c(OCc2ccccc2)c1.